The van der Waals surface area contributed by atoms with E-state index in [4.69, 9.17) is 19.9 Å². The van der Waals surface area contributed by atoms with Crippen molar-refractivity contribution < 1.29 is 14.7 Å². The van der Waals surface area contributed by atoms with E-state index in [1.54, 1.807) is 11.3 Å². The van der Waals surface area contributed by atoms with Crippen molar-refractivity contribution in [2.24, 2.45) is 0 Å². The highest BCUT2D eigenvalue weighted by atomic mass is 32.1. The number of benzene rings is 2. The summed E-state index contributed by atoms with van der Waals surface area (Å²) in [4.78, 5) is 6.08. The zero-order chi connectivity index (χ0) is 27.6. The van der Waals surface area contributed by atoms with Gasteiger partial charge in [-0.15, -0.1) is 11.3 Å². The Bertz CT molecular complexity index is 1200. The molecule has 1 heterocycles. The van der Waals surface area contributed by atoms with Crippen molar-refractivity contribution in [2.75, 3.05) is 18.5 Å². The fraction of sp³-hybridized carbons (Fsp3) is 0.484. The average molecular weight is 551 g/mol. The zero-order valence-corrected chi connectivity index (χ0v) is 24.2. The number of nitrogens with zero attached hydrogens (tertiary/aromatic N) is 1. The van der Waals surface area contributed by atoms with Gasteiger partial charge in [0.25, 0.3) is 0 Å². The highest BCUT2D eigenvalue weighted by molar-refractivity contribution is 7.12. The predicted molar refractivity (Wildman–Crippen MR) is 160 cm³/mol. The number of hydrogen-bond acceptors (Lipinski definition) is 7. The molecule has 1 aliphatic carbocycles. The number of aryl methyl sites for hydroxylation is 1. The Labute approximate surface area is 236 Å². The number of anilines is 1. The normalized spacial score (nSPS) is 13.9. The van der Waals surface area contributed by atoms with Gasteiger partial charge in [-0.2, -0.15) is 0 Å². The van der Waals surface area contributed by atoms with E-state index in [-0.39, 0.29) is 5.84 Å². The molecule has 1 aromatic heterocycles. The van der Waals surface area contributed by atoms with E-state index in [9.17, 15) is 5.21 Å². The van der Waals surface area contributed by atoms with Gasteiger partial charge in [0, 0.05) is 33.8 Å². The molecule has 0 aliphatic heterocycles. The van der Waals surface area contributed by atoms with E-state index in [0.717, 1.165) is 65.6 Å². The van der Waals surface area contributed by atoms with Crippen LogP contribution in [0.5, 0.6) is 11.5 Å². The Hall–Kier alpha value is -3.10. The largest absolute Gasteiger partial charge is 0.494 e. The molecule has 2 aromatic carbocycles. The lowest BCUT2D eigenvalue weighted by Gasteiger charge is -2.25. The number of unbranched alkanes of at least 4 members (excludes halogenated alkanes) is 2. The minimum atomic E-state index is -0.0203. The van der Waals surface area contributed by atoms with Crippen LogP contribution in [0.15, 0.2) is 42.5 Å². The zero-order valence-electron chi connectivity index (χ0n) is 23.4. The van der Waals surface area contributed by atoms with Crippen LogP contribution in [0.3, 0.4) is 0 Å². The van der Waals surface area contributed by atoms with Gasteiger partial charge in [-0.25, -0.2) is 4.98 Å². The maximum atomic E-state index is 9.25. The topological polar surface area (TPSA) is 99.5 Å². The molecule has 1 aliphatic rings. The van der Waals surface area contributed by atoms with Gasteiger partial charge in [-0.3, -0.25) is 16.1 Å². The molecule has 0 unspecified atom stereocenters. The fourth-order valence-electron chi connectivity index (χ4n) is 4.99. The van der Waals surface area contributed by atoms with E-state index < -0.39 is 0 Å². The average Bonchev–Trinajstić information content (AvgIpc) is 3.35. The van der Waals surface area contributed by atoms with Gasteiger partial charge in [-0.1, -0.05) is 33.1 Å². The second-order valence-corrected chi connectivity index (χ2v) is 11.8. The molecule has 0 amide bonds. The molecular weight excluding hydrogens is 508 g/mol. The van der Waals surface area contributed by atoms with Gasteiger partial charge < -0.3 is 14.8 Å². The number of hydrogen-bond donors (Lipinski definition) is 4. The molecule has 1 saturated carbocycles. The number of amidine groups is 1. The van der Waals surface area contributed by atoms with Crippen LogP contribution in [-0.4, -0.2) is 35.3 Å². The highest BCUT2D eigenvalue weighted by Crippen LogP contribution is 2.34. The summed E-state index contributed by atoms with van der Waals surface area (Å²) >= 11 is 1.78. The number of hydroxylamine groups is 1. The molecule has 4 N–H and O–H groups in total. The van der Waals surface area contributed by atoms with Crippen LogP contribution in [0.4, 0.5) is 5.69 Å². The van der Waals surface area contributed by atoms with Crippen LogP contribution in [0, 0.1) is 12.3 Å². The fourth-order valence-corrected chi connectivity index (χ4v) is 5.94. The summed E-state index contributed by atoms with van der Waals surface area (Å²) in [5, 5.41) is 21.9. The maximum absolute atomic E-state index is 9.25. The third-order valence-electron chi connectivity index (χ3n) is 7.08. The monoisotopic (exact) mass is 550 g/mol. The molecule has 0 radical (unpaired) electrons. The molecule has 7 nitrogen and oxygen atoms in total. The lowest BCUT2D eigenvalue weighted by molar-refractivity contribution is 0.234. The molecule has 3 aromatic rings. The lowest BCUT2D eigenvalue weighted by atomic mass is 9.95. The van der Waals surface area contributed by atoms with Crippen LogP contribution in [0.1, 0.15) is 86.6 Å². The smallest absolute Gasteiger partial charge is 0.151 e. The lowest BCUT2D eigenvalue weighted by Crippen LogP contribution is -2.26. The van der Waals surface area contributed by atoms with Crippen molar-refractivity contribution in [3.8, 4) is 22.8 Å². The molecule has 0 bridgehead atoms. The molecule has 210 valence electrons. The third-order valence-corrected chi connectivity index (χ3v) is 8.35. The minimum absolute atomic E-state index is 0.0203. The molecule has 4 rings (SSSR count). The summed E-state index contributed by atoms with van der Waals surface area (Å²) in [6.07, 6.45) is 8.89. The van der Waals surface area contributed by atoms with E-state index in [1.165, 1.54) is 24.1 Å². The van der Waals surface area contributed by atoms with Gasteiger partial charge in [0.2, 0.25) is 0 Å². The van der Waals surface area contributed by atoms with Crippen molar-refractivity contribution in [1.82, 2.24) is 10.5 Å². The number of thiazole rings is 1. The Morgan fingerprint density at radius 3 is 2.33 bits per heavy atom. The van der Waals surface area contributed by atoms with Crippen LogP contribution in [0.2, 0.25) is 0 Å². The number of rotatable bonds is 13. The van der Waals surface area contributed by atoms with Crippen LogP contribution < -0.4 is 20.3 Å². The van der Waals surface area contributed by atoms with E-state index >= 15 is 0 Å². The molecule has 1 fully saturated rings. The van der Waals surface area contributed by atoms with Crippen molar-refractivity contribution in [3.05, 3.63) is 57.9 Å². The Morgan fingerprint density at radius 1 is 1.00 bits per heavy atom. The van der Waals surface area contributed by atoms with Crippen LogP contribution >= 0.6 is 11.3 Å². The summed E-state index contributed by atoms with van der Waals surface area (Å²) in [7, 11) is 0. The first kappa shape index (κ1) is 28.9. The maximum Gasteiger partial charge on any atom is 0.151 e. The number of nitrogens with one attached hydrogen (secondary N) is 3. The standard InChI is InChI=1S/C31H42N4O3S/c1-21(2)30-29(33-22(3)39-30)23-12-14-25(15-13-23)37-18-8-5-9-19-38-26-16-17-27(31(32)35-36)28(20-26)34-24-10-6-4-7-11-24/h12-17,20-21,24,34,36H,4-11,18-19H2,1-3H3,(H2,32,35). The van der Waals surface area contributed by atoms with Gasteiger partial charge in [0.05, 0.1) is 23.9 Å². The van der Waals surface area contributed by atoms with Crippen molar-refractivity contribution >= 4 is 22.9 Å². The summed E-state index contributed by atoms with van der Waals surface area (Å²) in [5.74, 6) is 2.10. The molecule has 8 heteroatoms. The van der Waals surface area contributed by atoms with Crippen LogP contribution in [0.25, 0.3) is 11.3 Å². The molecular formula is C31H42N4O3S. The van der Waals surface area contributed by atoms with Crippen LogP contribution in [-0.2, 0) is 0 Å². The van der Waals surface area contributed by atoms with Crippen molar-refractivity contribution in [1.29, 1.82) is 5.41 Å². The van der Waals surface area contributed by atoms with Gasteiger partial charge >= 0.3 is 0 Å². The molecule has 0 spiro atoms. The van der Waals surface area contributed by atoms with E-state index in [2.05, 4.69) is 38.2 Å². The third kappa shape index (κ3) is 8.19. The van der Waals surface area contributed by atoms with Crippen molar-refractivity contribution in [2.45, 2.75) is 84.1 Å². The molecule has 0 saturated heterocycles. The van der Waals surface area contributed by atoms with Crippen molar-refractivity contribution in [3.63, 3.8) is 0 Å². The number of ether oxygens (including phenoxy) is 2. The van der Waals surface area contributed by atoms with E-state index in [1.807, 2.05) is 35.8 Å². The SMILES string of the molecule is Cc1nc(-c2ccc(OCCCCCOc3ccc(C(=N)NO)c(NC4CCCCC4)c3)cc2)c(C(C)C)s1. The predicted octanol–water partition coefficient (Wildman–Crippen LogP) is 7.92. The Balaban J connectivity index is 1.19. The number of aromatic nitrogens is 1. The van der Waals surface area contributed by atoms with Gasteiger partial charge in [0.15, 0.2) is 5.84 Å². The molecule has 0 atom stereocenters. The highest BCUT2D eigenvalue weighted by Gasteiger charge is 2.17. The second kappa shape index (κ2) is 14.3. The van der Waals surface area contributed by atoms with E-state index in [0.29, 0.717) is 30.7 Å². The first-order valence-corrected chi connectivity index (χ1v) is 15.0. The van der Waals surface area contributed by atoms with Gasteiger partial charge in [0.1, 0.15) is 11.5 Å². The first-order chi connectivity index (χ1) is 18.9. The summed E-state index contributed by atoms with van der Waals surface area (Å²) < 4.78 is 12.0. The Morgan fingerprint density at radius 2 is 1.67 bits per heavy atom. The quantitative estimate of drug-likeness (QED) is 0.0747. The second-order valence-electron chi connectivity index (χ2n) is 10.6. The summed E-state index contributed by atoms with van der Waals surface area (Å²) in [6, 6.07) is 14.3. The first-order valence-electron chi connectivity index (χ1n) is 14.2. The summed E-state index contributed by atoms with van der Waals surface area (Å²) in [6.45, 7) is 7.79. The van der Waals surface area contributed by atoms with Gasteiger partial charge in [-0.05, 0) is 81.3 Å². The summed E-state index contributed by atoms with van der Waals surface area (Å²) in [5.41, 5.74) is 5.67. The Kier molecular flexibility index (Phi) is 10.6. The molecule has 39 heavy (non-hydrogen) atoms. The minimum Gasteiger partial charge on any atom is -0.494 e.